The molecule has 0 spiro atoms. The van der Waals surface area contributed by atoms with Gasteiger partial charge in [0.05, 0.1) is 6.04 Å². The maximum absolute atomic E-state index is 11.3. The molecule has 1 aromatic rings. The van der Waals surface area contributed by atoms with Crippen LogP contribution in [-0.2, 0) is 11.2 Å². The van der Waals surface area contributed by atoms with Crippen LogP contribution in [0.4, 0.5) is 0 Å². The molecule has 4 nitrogen and oxygen atoms in total. The Balaban J connectivity index is 2.54. The molecule has 1 radical (unpaired) electrons. The standard InChI is InChI=1S/C11H15N2O2/c1-2-13-11(15)10(12)7-8-3-5-9(14)6-4-8/h3-6,10,14H,1-2,7,12H2,(H,13,15). The molecule has 1 aromatic carbocycles. The van der Waals surface area contributed by atoms with Crippen molar-refractivity contribution >= 4 is 5.91 Å². The first-order valence-electron chi connectivity index (χ1n) is 4.74. The molecule has 0 aliphatic rings. The number of phenols is 1. The molecule has 0 saturated carbocycles. The van der Waals surface area contributed by atoms with E-state index in [1.54, 1.807) is 24.3 Å². The Morgan fingerprint density at radius 2 is 2.07 bits per heavy atom. The Morgan fingerprint density at radius 3 is 2.60 bits per heavy atom. The number of benzene rings is 1. The van der Waals surface area contributed by atoms with Crippen molar-refractivity contribution in [3.8, 4) is 5.75 Å². The van der Waals surface area contributed by atoms with Crippen LogP contribution >= 0.6 is 0 Å². The number of carbonyl (C=O) groups excluding carboxylic acids is 1. The van der Waals surface area contributed by atoms with E-state index in [4.69, 9.17) is 10.8 Å². The average Bonchev–Trinajstić information content (AvgIpc) is 2.22. The molecule has 0 aliphatic heterocycles. The van der Waals surface area contributed by atoms with Crippen LogP contribution in [0.25, 0.3) is 0 Å². The first-order valence-corrected chi connectivity index (χ1v) is 4.74. The molecule has 0 fully saturated rings. The third-order valence-electron chi connectivity index (χ3n) is 2.03. The highest BCUT2D eigenvalue weighted by Gasteiger charge is 2.12. The zero-order valence-corrected chi connectivity index (χ0v) is 8.44. The lowest BCUT2D eigenvalue weighted by molar-refractivity contribution is -0.122. The van der Waals surface area contributed by atoms with Crippen molar-refractivity contribution in [3.63, 3.8) is 0 Å². The summed E-state index contributed by atoms with van der Waals surface area (Å²) in [6.45, 7) is 3.84. The Bertz CT molecular complexity index is 322. The molecule has 0 saturated heterocycles. The van der Waals surface area contributed by atoms with Gasteiger partial charge < -0.3 is 16.2 Å². The van der Waals surface area contributed by atoms with Crippen LogP contribution in [0.3, 0.4) is 0 Å². The highest BCUT2D eigenvalue weighted by atomic mass is 16.3. The summed E-state index contributed by atoms with van der Waals surface area (Å²) in [5, 5.41) is 11.6. The van der Waals surface area contributed by atoms with E-state index < -0.39 is 6.04 Å². The number of nitrogens with one attached hydrogen (secondary N) is 1. The molecule has 1 unspecified atom stereocenters. The SMILES string of the molecule is [CH2]CNC(=O)C(N)Cc1ccc(O)cc1. The number of amides is 1. The molecule has 81 valence electrons. The smallest absolute Gasteiger partial charge is 0.237 e. The van der Waals surface area contributed by atoms with Gasteiger partial charge in [-0.1, -0.05) is 12.1 Å². The predicted molar refractivity (Wildman–Crippen MR) is 58.2 cm³/mol. The summed E-state index contributed by atoms with van der Waals surface area (Å²) in [7, 11) is 0. The maximum atomic E-state index is 11.3. The summed E-state index contributed by atoms with van der Waals surface area (Å²) >= 11 is 0. The van der Waals surface area contributed by atoms with E-state index in [1.165, 1.54) is 0 Å². The number of rotatable bonds is 4. The van der Waals surface area contributed by atoms with Crippen LogP contribution in [-0.4, -0.2) is 23.6 Å². The van der Waals surface area contributed by atoms with Gasteiger partial charge in [-0.05, 0) is 31.0 Å². The van der Waals surface area contributed by atoms with Crippen LogP contribution in [0.5, 0.6) is 5.75 Å². The van der Waals surface area contributed by atoms with E-state index in [0.29, 0.717) is 13.0 Å². The molecule has 15 heavy (non-hydrogen) atoms. The van der Waals surface area contributed by atoms with E-state index in [1.807, 2.05) is 0 Å². The fourth-order valence-electron chi connectivity index (χ4n) is 1.23. The lowest BCUT2D eigenvalue weighted by atomic mass is 10.1. The second-order valence-corrected chi connectivity index (χ2v) is 3.27. The van der Waals surface area contributed by atoms with Gasteiger partial charge in [-0.25, -0.2) is 0 Å². The topological polar surface area (TPSA) is 75.4 Å². The fourth-order valence-corrected chi connectivity index (χ4v) is 1.23. The van der Waals surface area contributed by atoms with Crippen LogP contribution < -0.4 is 11.1 Å². The number of nitrogens with two attached hydrogens (primary N) is 1. The summed E-state index contributed by atoms with van der Waals surface area (Å²) in [5.41, 5.74) is 6.59. The van der Waals surface area contributed by atoms with Crippen molar-refractivity contribution in [2.45, 2.75) is 12.5 Å². The van der Waals surface area contributed by atoms with Gasteiger partial charge in [0.2, 0.25) is 5.91 Å². The van der Waals surface area contributed by atoms with Gasteiger partial charge in [-0.3, -0.25) is 4.79 Å². The van der Waals surface area contributed by atoms with Gasteiger partial charge in [-0.2, -0.15) is 0 Å². The number of aromatic hydroxyl groups is 1. The van der Waals surface area contributed by atoms with Gasteiger partial charge in [0, 0.05) is 6.54 Å². The molecule has 4 N–H and O–H groups in total. The normalized spacial score (nSPS) is 12.1. The van der Waals surface area contributed by atoms with Crippen molar-refractivity contribution in [2.75, 3.05) is 6.54 Å². The second kappa shape index (κ2) is 5.36. The van der Waals surface area contributed by atoms with Crippen LogP contribution in [0.15, 0.2) is 24.3 Å². The molecule has 0 heterocycles. The predicted octanol–water partition coefficient (Wildman–Crippen LogP) is 0.212. The molecule has 1 rings (SSSR count). The van der Waals surface area contributed by atoms with Crippen LogP contribution in [0.1, 0.15) is 5.56 Å². The fraction of sp³-hybridized carbons (Fsp3) is 0.273. The first-order chi connectivity index (χ1) is 7.13. The number of hydrogen-bond acceptors (Lipinski definition) is 3. The summed E-state index contributed by atoms with van der Waals surface area (Å²) in [6, 6.07) is 6.05. The third kappa shape index (κ3) is 3.59. The number of carbonyl (C=O) groups is 1. The van der Waals surface area contributed by atoms with E-state index in [0.717, 1.165) is 5.56 Å². The molecule has 0 aromatic heterocycles. The third-order valence-corrected chi connectivity index (χ3v) is 2.03. The molecule has 1 amide bonds. The maximum Gasteiger partial charge on any atom is 0.237 e. The molecular weight excluding hydrogens is 192 g/mol. The highest BCUT2D eigenvalue weighted by molar-refractivity contribution is 5.81. The largest absolute Gasteiger partial charge is 0.508 e. The van der Waals surface area contributed by atoms with E-state index in [-0.39, 0.29) is 11.7 Å². The van der Waals surface area contributed by atoms with E-state index in [9.17, 15) is 4.79 Å². The summed E-state index contributed by atoms with van der Waals surface area (Å²) < 4.78 is 0. The van der Waals surface area contributed by atoms with Gasteiger partial charge in [0.15, 0.2) is 0 Å². The van der Waals surface area contributed by atoms with Gasteiger partial charge >= 0.3 is 0 Å². The monoisotopic (exact) mass is 207 g/mol. The second-order valence-electron chi connectivity index (χ2n) is 3.27. The average molecular weight is 207 g/mol. The van der Waals surface area contributed by atoms with Gasteiger partial charge in [-0.15, -0.1) is 0 Å². The molecule has 0 aliphatic carbocycles. The summed E-state index contributed by atoms with van der Waals surface area (Å²) in [6.07, 6.45) is 0.451. The molecular formula is C11H15N2O2. The van der Waals surface area contributed by atoms with Crippen molar-refractivity contribution < 1.29 is 9.90 Å². The Hall–Kier alpha value is -1.55. The molecule has 0 bridgehead atoms. The minimum atomic E-state index is -0.573. The summed E-state index contributed by atoms with van der Waals surface area (Å²) in [5.74, 6) is -0.00685. The van der Waals surface area contributed by atoms with Crippen molar-refractivity contribution in [1.82, 2.24) is 5.32 Å². The summed E-state index contributed by atoms with van der Waals surface area (Å²) in [4.78, 5) is 11.3. The van der Waals surface area contributed by atoms with Gasteiger partial charge in [0.25, 0.3) is 0 Å². The number of hydrogen-bond donors (Lipinski definition) is 3. The molecule has 1 atom stereocenters. The van der Waals surface area contributed by atoms with Crippen molar-refractivity contribution in [3.05, 3.63) is 36.8 Å². The Labute approximate surface area is 89.1 Å². The van der Waals surface area contributed by atoms with Gasteiger partial charge in [0.1, 0.15) is 5.75 Å². The lowest BCUT2D eigenvalue weighted by Gasteiger charge is -2.10. The zero-order chi connectivity index (χ0) is 11.3. The lowest BCUT2D eigenvalue weighted by Crippen LogP contribution is -2.41. The minimum Gasteiger partial charge on any atom is -0.508 e. The zero-order valence-electron chi connectivity index (χ0n) is 8.44. The minimum absolute atomic E-state index is 0.203. The highest BCUT2D eigenvalue weighted by Crippen LogP contribution is 2.10. The quantitative estimate of drug-likeness (QED) is 0.660. The molecule has 4 heteroatoms. The van der Waals surface area contributed by atoms with Crippen molar-refractivity contribution in [2.24, 2.45) is 5.73 Å². The number of phenolic OH excluding ortho intramolecular Hbond substituents is 1. The van der Waals surface area contributed by atoms with Crippen LogP contribution in [0, 0.1) is 6.92 Å². The van der Waals surface area contributed by atoms with Crippen LogP contribution in [0.2, 0.25) is 0 Å². The van der Waals surface area contributed by atoms with Crippen molar-refractivity contribution in [1.29, 1.82) is 0 Å². The van der Waals surface area contributed by atoms with E-state index >= 15 is 0 Å². The Morgan fingerprint density at radius 1 is 1.47 bits per heavy atom. The van der Waals surface area contributed by atoms with E-state index in [2.05, 4.69) is 12.2 Å². The Kier molecular flexibility index (Phi) is 4.12. The first kappa shape index (κ1) is 11.5.